The fourth-order valence-electron chi connectivity index (χ4n) is 3.45. The van der Waals surface area contributed by atoms with E-state index in [0.29, 0.717) is 0 Å². The van der Waals surface area contributed by atoms with Crippen molar-refractivity contribution in [2.75, 3.05) is 6.61 Å². The molecule has 1 aliphatic carbocycles. The van der Waals surface area contributed by atoms with Crippen LogP contribution < -0.4 is 0 Å². The predicted molar refractivity (Wildman–Crippen MR) is 107 cm³/mol. The lowest BCUT2D eigenvalue weighted by Gasteiger charge is -2.18. The molecule has 1 aliphatic rings. The highest BCUT2D eigenvalue weighted by molar-refractivity contribution is 6.30. The zero-order chi connectivity index (χ0) is 23.0. The SMILES string of the molecule is O=C(COC(=O)c1ccc2c(c1[N+](=O)[O-])C(=O)c1ccccc1C2=O)c1ccc(F)cc1. The molecule has 0 radical (unpaired) electrons. The normalized spacial score (nSPS) is 12.0. The second-order valence-electron chi connectivity index (χ2n) is 6.85. The van der Waals surface area contributed by atoms with Crippen molar-refractivity contribution in [1.82, 2.24) is 0 Å². The van der Waals surface area contributed by atoms with Crippen molar-refractivity contribution >= 4 is 29.0 Å². The number of halogens is 1. The molecule has 0 aliphatic heterocycles. The average molecular weight is 433 g/mol. The van der Waals surface area contributed by atoms with Crippen LogP contribution in [0.5, 0.6) is 0 Å². The maximum atomic E-state index is 13.0. The number of hydrogen-bond acceptors (Lipinski definition) is 7. The van der Waals surface area contributed by atoms with E-state index >= 15 is 0 Å². The van der Waals surface area contributed by atoms with Crippen LogP contribution >= 0.6 is 0 Å². The fraction of sp³-hybridized carbons (Fsp3) is 0.0435. The Labute approximate surface area is 179 Å². The van der Waals surface area contributed by atoms with E-state index in [1.807, 2.05) is 0 Å². The minimum Gasteiger partial charge on any atom is -0.454 e. The van der Waals surface area contributed by atoms with Crippen molar-refractivity contribution in [3.05, 3.63) is 110 Å². The number of benzene rings is 3. The lowest BCUT2D eigenvalue weighted by molar-refractivity contribution is -0.385. The van der Waals surface area contributed by atoms with Gasteiger partial charge in [0.15, 0.2) is 18.2 Å². The first kappa shape index (κ1) is 20.7. The maximum Gasteiger partial charge on any atom is 0.345 e. The molecule has 0 bridgehead atoms. The van der Waals surface area contributed by atoms with Crippen LogP contribution in [0.3, 0.4) is 0 Å². The van der Waals surface area contributed by atoms with Gasteiger partial charge in [-0.25, -0.2) is 9.18 Å². The second kappa shape index (κ2) is 7.95. The van der Waals surface area contributed by atoms with Crippen LogP contribution in [0.15, 0.2) is 60.7 Å². The topological polar surface area (TPSA) is 121 Å². The van der Waals surface area contributed by atoms with Gasteiger partial charge in [0.2, 0.25) is 5.78 Å². The van der Waals surface area contributed by atoms with Crippen molar-refractivity contribution in [2.24, 2.45) is 0 Å². The Hall–Kier alpha value is -4.53. The Balaban J connectivity index is 1.68. The van der Waals surface area contributed by atoms with Gasteiger partial charge in [0.05, 0.1) is 4.92 Å². The largest absolute Gasteiger partial charge is 0.454 e. The molecule has 0 saturated carbocycles. The number of Topliss-reactive ketones (excluding diaryl/α,β-unsaturated/α-hetero) is 1. The third kappa shape index (κ3) is 3.45. The molecule has 0 amide bonds. The van der Waals surface area contributed by atoms with Crippen molar-refractivity contribution in [3.63, 3.8) is 0 Å². The molecule has 3 aromatic rings. The van der Waals surface area contributed by atoms with Gasteiger partial charge in [-0.1, -0.05) is 24.3 Å². The predicted octanol–water partition coefficient (Wildman–Crippen LogP) is 3.55. The van der Waals surface area contributed by atoms with Gasteiger partial charge < -0.3 is 4.74 Å². The Morgan fingerprint density at radius 1 is 0.875 bits per heavy atom. The molecule has 0 spiro atoms. The van der Waals surface area contributed by atoms with Crippen molar-refractivity contribution in [1.29, 1.82) is 0 Å². The smallest absolute Gasteiger partial charge is 0.345 e. The Morgan fingerprint density at radius 3 is 2.12 bits per heavy atom. The summed E-state index contributed by atoms with van der Waals surface area (Å²) in [6.45, 7) is -0.756. The van der Waals surface area contributed by atoms with Crippen LogP contribution in [0.2, 0.25) is 0 Å². The van der Waals surface area contributed by atoms with Crippen LogP contribution in [0.25, 0.3) is 0 Å². The van der Waals surface area contributed by atoms with Gasteiger partial charge in [-0.3, -0.25) is 24.5 Å². The van der Waals surface area contributed by atoms with Gasteiger partial charge >= 0.3 is 5.97 Å². The number of nitro benzene ring substituents is 1. The Morgan fingerprint density at radius 2 is 1.50 bits per heavy atom. The number of carbonyl (C=O) groups excluding carboxylic acids is 4. The molecule has 0 atom stereocenters. The van der Waals surface area contributed by atoms with E-state index in [1.54, 1.807) is 6.07 Å². The molecule has 0 N–H and O–H groups in total. The lowest BCUT2D eigenvalue weighted by Crippen LogP contribution is -2.24. The summed E-state index contributed by atoms with van der Waals surface area (Å²) in [5.74, 6) is -3.76. The van der Waals surface area contributed by atoms with Gasteiger partial charge in [0, 0.05) is 22.3 Å². The Kier molecular flexibility index (Phi) is 5.15. The average Bonchev–Trinajstić information content (AvgIpc) is 2.80. The molecule has 4 rings (SSSR count). The molecular weight excluding hydrogens is 421 g/mol. The van der Waals surface area contributed by atoms with Crippen LogP contribution in [0.1, 0.15) is 52.6 Å². The van der Waals surface area contributed by atoms with Crippen LogP contribution in [-0.2, 0) is 4.74 Å². The highest BCUT2D eigenvalue weighted by Gasteiger charge is 2.39. The molecule has 3 aromatic carbocycles. The second-order valence-corrected chi connectivity index (χ2v) is 6.85. The number of ketones is 3. The third-order valence-corrected chi connectivity index (χ3v) is 4.97. The number of fused-ring (bicyclic) bond motifs is 2. The molecule has 0 saturated heterocycles. The maximum absolute atomic E-state index is 13.0. The van der Waals surface area contributed by atoms with Crippen LogP contribution in [0.4, 0.5) is 10.1 Å². The summed E-state index contributed by atoms with van der Waals surface area (Å²) in [6, 6.07) is 12.6. The summed E-state index contributed by atoms with van der Waals surface area (Å²) in [6.07, 6.45) is 0. The molecular formula is C23H12FNO7. The summed E-state index contributed by atoms with van der Waals surface area (Å²) in [5.41, 5.74) is -1.95. The molecule has 0 unspecified atom stereocenters. The monoisotopic (exact) mass is 433 g/mol. The van der Waals surface area contributed by atoms with E-state index in [2.05, 4.69) is 0 Å². The van der Waals surface area contributed by atoms with Crippen molar-refractivity contribution < 1.29 is 33.2 Å². The standard InChI is InChI=1S/C23H12FNO7/c24-13-7-5-12(6-8-13)18(26)11-32-23(29)17-10-9-16-19(20(17)25(30)31)22(28)15-4-2-1-3-14(15)21(16)27/h1-10H,11H2. The summed E-state index contributed by atoms with van der Waals surface area (Å²) in [7, 11) is 0. The number of rotatable bonds is 5. The van der Waals surface area contributed by atoms with Gasteiger partial charge in [-0.05, 0) is 36.4 Å². The van der Waals surface area contributed by atoms with Gasteiger partial charge in [0.25, 0.3) is 5.69 Å². The molecule has 32 heavy (non-hydrogen) atoms. The number of esters is 1. The summed E-state index contributed by atoms with van der Waals surface area (Å²) in [4.78, 5) is 61.2. The van der Waals surface area contributed by atoms with E-state index in [0.717, 1.165) is 24.3 Å². The minimum atomic E-state index is -1.21. The highest BCUT2D eigenvalue weighted by Crippen LogP contribution is 2.35. The number of hydrogen-bond donors (Lipinski definition) is 0. The summed E-state index contributed by atoms with van der Waals surface area (Å²) in [5, 5.41) is 11.8. The van der Waals surface area contributed by atoms with Crippen molar-refractivity contribution in [2.45, 2.75) is 0 Å². The van der Waals surface area contributed by atoms with Gasteiger partial charge in [-0.15, -0.1) is 0 Å². The zero-order valence-electron chi connectivity index (χ0n) is 16.2. The van der Waals surface area contributed by atoms with Gasteiger partial charge in [-0.2, -0.15) is 0 Å². The quantitative estimate of drug-likeness (QED) is 0.204. The number of carbonyl (C=O) groups is 4. The molecule has 0 heterocycles. The van der Waals surface area contributed by atoms with Gasteiger partial charge in [0.1, 0.15) is 16.9 Å². The minimum absolute atomic E-state index is 0.00916. The summed E-state index contributed by atoms with van der Waals surface area (Å²) < 4.78 is 17.9. The molecule has 0 fully saturated rings. The first-order valence-electron chi connectivity index (χ1n) is 9.25. The lowest BCUT2D eigenvalue weighted by atomic mass is 9.82. The highest BCUT2D eigenvalue weighted by atomic mass is 19.1. The molecule has 158 valence electrons. The number of nitrogens with zero attached hydrogens (tertiary/aromatic N) is 1. The number of nitro groups is 1. The molecule has 0 aromatic heterocycles. The zero-order valence-corrected chi connectivity index (χ0v) is 16.2. The van der Waals surface area contributed by atoms with E-state index in [1.165, 1.54) is 30.3 Å². The first-order chi connectivity index (χ1) is 15.3. The van der Waals surface area contributed by atoms with Crippen molar-refractivity contribution in [3.8, 4) is 0 Å². The van der Waals surface area contributed by atoms with E-state index in [4.69, 9.17) is 4.74 Å². The van der Waals surface area contributed by atoms with Crippen LogP contribution in [0, 0.1) is 15.9 Å². The van der Waals surface area contributed by atoms with E-state index < -0.39 is 57.5 Å². The fourth-order valence-corrected chi connectivity index (χ4v) is 3.45. The first-order valence-corrected chi connectivity index (χ1v) is 9.25. The molecule has 9 heteroatoms. The van der Waals surface area contributed by atoms with E-state index in [9.17, 15) is 33.7 Å². The van der Waals surface area contributed by atoms with E-state index in [-0.39, 0.29) is 22.3 Å². The number of ether oxygens (including phenoxy) is 1. The molecule has 8 nitrogen and oxygen atoms in total. The Bertz CT molecular complexity index is 1330. The third-order valence-electron chi connectivity index (χ3n) is 4.97. The summed E-state index contributed by atoms with van der Waals surface area (Å²) >= 11 is 0. The van der Waals surface area contributed by atoms with Crippen LogP contribution in [-0.4, -0.2) is 34.8 Å².